The summed E-state index contributed by atoms with van der Waals surface area (Å²) in [6.45, 7) is 3.94. The van der Waals surface area contributed by atoms with Crippen molar-refractivity contribution < 1.29 is 22.7 Å². The molecule has 128 valence electrons. The third-order valence-corrected chi connectivity index (χ3v) is 6.11. The normalized spacial score (nSPS) is 24.1. The number of morpholine rings is 1. The van der Waals surface area contributed by atoms with Gasteiger partial charge in [-0.1, -0.05) is 37.3 Å². The topological polar surface area (TPSA) is 72.9 Å². The number of carbonyl (C=O) groups excluding carboxylic acids is 1. The van der Waals surface area contributed by atoms with Crippen LogP contribution in [-0.2, 0) is 24.3 Å². The van der Waals surface area contributed by atoms with Crippen molar-refractivity contribution in [1.82, 2.24) is 4.31 Å². The predicted molar refractivity (Wildman–Crippen MR) is 86.3 cm³/mol. The van der Waals surface area contributed by atoms with Crippen molar-refractivity contribution in [2.24, 2.45) is 5.92 Å². The van der Waals surface area contributed by atoms with Crippen LogP contribution in [0.15, 0.2) is 30.3 Å². The van der Waals surface area contributed by atoms with Gasteiger partial charge in [-0.15, -0.1) is 0 Å². The molecule has 0 aromatic heterocycles. The third kappa shape index (κ3) is 4.31. The molecule has 1 heterocycles. The first-order chi connectivity index (χ1) is 10.8. The largest absolute Gasteiger partial charge is 0.469 e. The van der Waals surface area contributed by atoms with Crippen molar-refractivity contribution in [1.29, 1.82) is 0 Å². The second kappa shape index (κ2) is 7.42. The van der Waals surface area contributed by atoms with Gasteiger partial charge in [-0.2, -0.15) is 4.31 Å². The highest BCUT2D eigenvalue weighted by atomic mass is 32.2. The van der Waals surface area contributed by atoms with Crippen LogP contribution < -0.4 is 0 Å². The lowest BCUT2D eigenvalue weighted by Gasteiger charge is -2.37. The average Bonchev–Trinajstić information content (AvgIpc) is 2.54. The Kier molecular flexibility index (Phi) is 5.78. The predicted octanol–water partition coefficient (Wildman–Crippen LogP) is 1.59. The van der Waals surface area contributed by atoms with Crippen LogP contribution in [0.1, 0.15) is 25.5 Å². The summed E-state index contributed by atoms with van der Waals surface area (Å²) in [6.07, 6.45) is -0.296. The molecule has 0 spiro atoms. The number of hydrogen-bond acceptors (Lipinski definition) is 5. The first-order valence-corrected chi connectivity index (χ1v) is 9.20. The Balaban J connectivity index is 2.14. The van der Waals surface area contributed by atoms with E-state index in [1.165, 1.54) is 11.4 Å². The molecule has 23 heavy (non-hydrogen) atoms. The third-order valence-electron chi connectivity index (χ3n) is 3.97. The molecule has 7 heteroatoms. The van der Waals surface area contributed by atoms with Crippen LogP contribution in [0.5, 0.6) is 0 Å². The molecule has 0 aliphatic carbocycles. The van der Waals surface area contributed by atoms with Gasteiger partial charge in [-0.25, -0.2) is 8.42 Å². The molecular formula is C16H23NO5S. The molecule has 0 N–H and O–H groups in total. The van der Waals surface area contributed by atoms with Crippen molar-refractivity contribution in [2.45, 2.75) is 26.0 Å². The number of methoxy groups -OCH3 is 1. The van der Waals surface area contributed by atoms with E-state index in [4.69, 9.17) is 4.74 Å². The number of ether oxygens (including phenoxy) is 2. The fraction of sp³-hybridized carbons (Fsp3) is 0.562. The van der Waals surface area contributed by atoms with E-state index in [9.17, 15) is 13.2 Å². The van der Waals surface area contributed by atoms with Crippen molar-refractivity contribution in [3.63, 3.8) is 0 Å². The molecule has 3 unspecified atom stereocenters. The fourth-order valence-corrected chi connectivity index (χ4v) is 4.60. The van der Waals surface area contributed by atoms with Gasteiger partial charge < -0.3 is 9.47 Å². The van der Waals surface area contributed by atoms with E-state index in [-0.39, 0.29) is 24.4 Å². The molecule has 0 radical (unpaired) electrons. The van der Waals surface area contributed by atoms with Gasteiger partial charge in [-0.05, 0) is 12.5 Å². The van der Waals surface area contributed by atoms with Gasteiger partial charge in [0.05, 0.1) is 31.5 Å². The number of nitrogens with zero attached hydrogens (tertiary/aromatic N) is 1. The van der Waals surface area contributed by atoms with Gasteiger partial charge in [0.2, 0.25) is 10.0 Å². The molecule has 1 aliphatic rings. The van der Waals surface area contributed by atoms with Gasteiger partial charge in [0.15, 0.2) is 0 Å². The molecular weight excluding hydrogens is 318 g/mol. The van der Waals surface area contributed by atoms with Gasteiger partial charge in [0.1, 0.15) is 0 Å². The molecule has 1 aliphatic heterocycles. The Hall–Kier alpha value is -1.44. The lowest BCUT2D eigenvalue weighted by atomic mass is 10.1. The molecule has 1 aromatic carbocycles. The van der Waals surface area contributed by atoms with E-state index < -0.39 is 21.9 Å². The lowest BCUT2D eigenvalue weighted by Crippen LogP contribution is -2.49. The molecule has 1 saturated heterocycles. The van der Waals surface area contributed by atoms with Gasteiger partial charge in [0.25, 0.3) is 0 Å². The smallest absolute Gasteiger partial charge is 0.309 e. The first-order valence-electron chi connectivity index (χ1n) is 7.59. The number of rotatable bonds is 5. The SMILES string of the molecule is COC(=O)C(C)CS(=O)(=O)N1CC(c2ccccc2)OCC1C. The zero-order valence-electron chi connectivity index (χ0n) is 13.6. The van der Waals surface area contributed by atoms with Crippen LogP contribution in [0.4, 0.5) is 0 Å². The maximum atomic E-state index is 12.7. The second-order valence-electron chi connectivity index (χ2n) is 5.85. The van der Waals surface area contributed by atoms with Crippen molar-refractivity contribution in [3.05, 3.63) is 35.9 Å². The minimum absolute atomic E-state index is 0.251. The molecule has 1 fully saturated rings. The van der Waals surface area contributed by atoms with Crippen LogP contribution in [0, 0.1) is 5.92 Å². The van der Waals surface area contributed by atoms with E-state index in [2.05, 4.69) is 4.74 Å². The molecule has 0 saturated carbocycles. The molecule has 0 bridgehead atoms. The summed E-state index contributed by atoms with van der Waals surface area (Å²) in [6, 6.07) is 9.28. The van der Waals surface area contributed by atoms with Crippen LogP contribution in [-0.4, -0.2) is 50.7 Å². The molecule has 1 aromatic rings. The van der Waals surface area contributed by atoms with E-state index in [1.54, 1.807) is 6.92 Å². The monoisotopic (exact) mass is 341 g/mol. The highest BCUT2D eigenvalue weighted by Crippen LogP contribution is 2.27. The number of benzene rings is 1. The van der Waals surface area contributed by atoms with Crippen molar-refractivity contribution in [3.8, 4) is 0 Å². The Morgan fingerprint density at radius 1 is 1.39 bits per heavy atom. The summed E-state index contributed by atoms with van der Waals surface area (Å²) in [5.41, 5.74) is 0.945. The van der Waals surface area contributed by atoms with E-state index in [0.29, 0.717) is 6.61 Å². The lowest BCUT2D eigenvalue weighted by molar-refractivity contribution is -0.144. The fourth-order valence-electron chi connectivity index (χ4n) is 2.67. The van der Waals surface area contributed by atoms with Crippen molar-refractivity contribution in [2.75, 3.05) is 26.0 Å². The van der Waals surface area contributed by atoms with E-state index in [0.717, 1.165) is 5.56 Å². The highest BCUT2D eigenvalue weighted by Gasteiger charge is 2.36. The zero-order valence-corrected chi connectivity index (χ0v) is 14.5. The Labute approximate surface area is 137 Å². The minimum atomic E-state index is -3.58. The summed E-state index contributed by atoms with van der Waals surface area (Å²) in [5.74, 6) is -1.48. The first kappa shape index (κ1) is 17.9. The zero-order chi connectivity index (χ0) is 17.0. The number of sulfonamides is 1. The Bertz CT molecular complexity index is 631. The summed E-state index contributed by atoms with van der Waals surface area (Å²) in [5, 5.41) is 0. The Morgan fingerprint density at radius 3 is 2.65 bits per heavy atom. The van der Waals surface area contributed by atoms with Crippen LogP contribution in [0.3, 0.4) is 0 Å². The standard InChI is InChI=1S/C16H23NO5S/c1-12(16(18)21-3)11-23(19,20)17-9-15(22-10-13(17)2)14-7-5-4-6-8-14/h4-8,12-13,15H,9-11H2,1-3H3. The Morgan fingerprint density at radius 2 is 2.04 bits per heavy atom. The van der Waals surface area contributed by atoms with E-state index in [1.807, 2.05) is 37.3 Å². The molecule has 2 rings (SSSR count). The maximum Gasteiger partial charge on any atom is 0.309 e. The second-order valence-corrected chi connectivity index (χ2v) is 7.82. The summed E-state index contributed by atoms with van der Waals surface area (Å²) in [4.78, 5) is 11.5. The average molecular weight is 341 g/mol. The van der Waals surface area contributed by atoms with E-state index >= 15 is 0 Å². The molecule has 6 nitrogen and oxygen atoms in total. The molecule has 3 atom stereocenters. The van der Waals surface area contributed by atoms with Gasteiger partial charge in [0, 0.05) is 12.6 Å². The summed E-state index contributed by atoms with van der Waals surface area (Å²) >= 11 is 0. The van der Waals surface area contributed by atoms with Crippen LogP contribution >= 0.6 is 0 Å². The molecule has 0 amide bonds. The highest BCUT2D eigenvalue weighted by molar-refractivity contribution is 7.89. The minimum Gasteiger partial charge on any atom is -0.469 e. The quantitative estimate of drug-likeness (QED) is 0.761. The van der Waals surface area contributed by atoms with Crippen molar-refractivity contribution >= 4 is 16.0 Å². The number of esters is 1. The summed E-state index contributed by atoms with van der Waals surface area (Å²) < 4.78 is 37.2. The van der Waals surface area contributed by atoms with Gasteiger partial charge in [-0.3, -0.25) is 4.79 Å². The van der Waals surface area contributed by atoms with Crippen LogP contribution in [0.2, 0.25) is 0 Å². The number of hydrogen-bond donors (Lipinski definition) is 0. The van der Waals surface area contributed by atoms with Gasteiger partial charge >= 0.3 is 5.97 Å². The number of carbonyl (C=O) groups is 1. The van der Waals surface area contributed by atoms with Crippen LogP contribution in [0.25, 0.3) is 0 Å². The summed E-state index contributed by atoms with van der Waals surface area (Å²) in [7, 11) is -2.32. The maximum absolute atomic E-state index is 12.7.